The number of ether oxygens (including phenoxy) is 1. The fourth-order valence-electron chi connectivity index (χ4n) is 2.17. The number of rotatable bonds is 5. The molecule has 0 saturated carbocycles. The van der Waals surface area contributed by atoms with Crippen LogP contribution in [0.4, 0.5) is 0 Å². The fourth-order valence-corrected chi connectivity index (χ4v) is 2.33. The lowest BCUT2D eigenvalue weighted by Gasteiger charge is -2.26. The quantitative estimate of drug-likeness (QED) is 0.819. The molecule has 1 fully saturated rings. The summed E-state index contributed by atoms with van der Waals surface area (Å²) >= 11 is 4.98. The normalized spacial score (nSPS) is 16.4. The number of hydrogen-bond donors (Lipinski definition) is 1. The average Bonchev–Trinajstić information content (AvgIpc) is 2.40. The Morgan fingerprint density at radius 1 is 1.39 bits per heavy atom. The first-order chi connectivity index (χ1) is 8.77. The van der Waals surface area contributed by atoms with E-state index in [9.17, 15) is 0 Å². The number of nitrogens with zero attached hydrogens (tertiary/aromatic N) is 2. The van der Waals surface area contributed by atoms with E-state index in [1.807, 2.05) is 0 Å². The number of likely N-dealkylation sites (tertiary alicyclic amines) is 1. The topological polar surface area (TPSA) is 51.4 Å². The first-order valence-corrected chi connectivity index (χ1v) is 6.77. The molecule has 18 heavy (non-hydrogen) atoms. The van der Waals surface area contributed by atoms with E-state index in [0.717, 1.165) is 12.1 Å². The molecule has 0 aliphatic carbocycles. The van der Waals surface area contributed by atoms with Crippen molar-refractivity contribution in [2.45, 2.75) is 19.3 Å². The molecule has 0 atom stereocenters. The Labute approximate surface area is 113 Å². The number of nitrogens with two attached hydrogens (primary N) is 1. The predicted octanol–water partition coefficient (Wildman–Crippen LogP) is 1.58. The van der Waals surface area contributed by atoms with E-state index in [2.05, 4.69) is 9.88 Å². The molecule has 2 N–H and O–H groups in total. The second-order valence-corrected chi connectivity index (χ2v) is 4.93. The summed E-state index contributed by atoms with van der Waals surface area (Å²) in [5.74, 6) is 0.682. The van der Waals surface area contributed by atoms with Crippen LogP contribution < -0.4 is 10.5 Å². The molecule has 0 aromatic carbocycles. The highest BCUT2D eigenvalue weighted by Gasteiger charge is 2.11. The Morgan fingerprint density at radius 3 is 2.89 bits per heavy atom. The van der Waals surface area contributed by atoms with Gasteiger partial charge < -0.3 is 10.5 Å². The highest BCUT2D eigenvalue weighted by atomic mass is 32.1. The number of pyridine rings is 1. The first kappa shape index (κ1) is 13.2. The molecule has 0 radical (unpaired) electrons. The summed E-state index contributed by atoms with van der Waals surface area (Å²) in [4.78, 5) is 6.82. The summed E-state index contributed by atoms with van der Waals surface area (Å²) in [7, 11) is 0. The monoisotopic (exact) mass is 265 g/mol. The highest BCUT2D eigenvalue weighted by molar-refractivity contribution is 7.80. The Balaban J connectivity index is 1.84. The van der Waals surface area contributed by atoms with Crippen molar-refractivity contribution in [1.29, 1.82) is 0 Å². The second kappa shape index (κ2) is 6.66. The van der Waals surface area contributed by atoms with Gasteiger partial charge in [0.05, 0.1) is 11.8 Å². The summed E-state index contributed by atoms with van der Waals surface area (Å²) in [6.45, 7) is 3.96. The maximum Gasteiger partial charge on any atom is 0.147 e. The van der Waals surface area contributed by atoms with Gasteiger partial charge in [-0.15, -0.1) is 0 Å². The van der Waals surface area contributed by atoms with E-state index in [1.165, 1.54) is 32.4 Å². The predicted molar refractivity (Wildman–Crippen MR) is 75.9 cm³/mol. The van der Waals surface area contributed by atoms with Crippen molar-refractivity contribution in [2.24, 2.45) is 5.73 Å². The molecule has 1 saturated heterocycles. The minimum atomic E-state index is 0.352. The zero-order valence-electron chi connectivity index (χ0n) is 10.5. The van der Waals surface area contributed by atoms with E-state index >= 15 is 0 Å². The van der Waals surface area contributed by atoms with Gasteiger partial charge >= 0.3 is 0 Å². The molecule has 1 aromatic rings. The maximum absolute atomic E-state index is 5.73. The van der Waals surface area contributed by atoms with Gasteiger partial charge in [0.1, 0.15) is 17.3 Å². The maximum atomic E-state index is 5.73. The van der Waals surface area contributed by atoms with Crippen LogP contribution in [0.25, 0.3) is 0 Å². The van der Waals surface area contributed by atoms with Crippen LogP contribution in [0.15, 0.2) is 18.5 Å². The van der Waals surface area contributed by atoms with Crippen LogP contribution in [0.3, 0.4) is 0 Å². The van der Waals surface area contributed by atoms with Crippen molar-refractivity contribution in [3.8, 4) is 5.75 Å². The van der Waals surface area contributed by atoms with E-state index in [4.69, 9.17) is 22.7 Å². The number of aromatic nitrogens is 1. The number of piperidine rings is 1. The molecular formula is C13H19N3OS. The van der Waals surface area contributed by atoms with E-state index in [-0.39, 0.29) is 0 Å². The Kier molecular flexibility index (Phi) is 4.90. The van der Waals surface area contributed by atoms with E-state index in [1.54, 1.807) is 18.5 Å². The molecule has 1 aliphatic rings. The van der Waals surface area contributed by atoms with E-state index in [0.29, 0.717) is 17.3 Å². The smallest absolute Gasteiger partial charge is 0.147 e. The molecule has 0 bridgehead atoms. The summed E-state index contributed by atoms with van der Waals surface area (Å²) in [6, 6.07) is 1.79. The van der Waals surface area contributed by atoms with Crippen LogP contribution in [0.5, 0.6) is 5.75 Å². The number of hydrogen-bond acceptors (Lipinski definition) is 4. The lowest BCUT2D eigenvalue weighted by atomic mass is 10.1. The van der Waals surface area contributed by atoms with Crippen molar-refractivity contribution in [3.05, 3.63) is 24.0 Å². The van der Waals surface area contributed by atoms with Gasteiger partial charge in [-0.25, -0.2) is 0 Å². The number of thiocarbonyl (C=S) groups is 1. The van der Waals surface area contributed by atoms with E-state index < -0.39 is 0 Å². The molecule has 5 heteroatoms. The standard InChI is InChI=1S/C13H19N3OS/c14-13(18)11-4-5-15-10-12(11)17-9-8-16-6-2-1-3-7-16/h4-5,10H,1-3,6-9H2,(H2,14,18). The Morgan fingerprint density at radius 2 is 2.17 bits per heavy atom. The molecule has 1 aliphatic heterocycles. The van der Waals surface area contributed by atoms with Crippen molar-refractivity contribution in [2.75, 3.05) is 26.2 Å². The van der Waals surface area contributed by atoms with Gasteiger partial charge in [-0.3, -0.25) is 9.88 Å². The van der Waals surface area contributed by atoms with Crippen LogP contribution >= 0.6 is 12.2 Å². The molecule has 98 valence electrons. The molecule has 4 nitrogen and oxygen atoms in total. The van der Waals surface area contributed by atoms with Crippen LogP contribution in [-0.2, 0) is 0 Å². The minimum absolute atomic E-state index is 0.352. The fraction of sp³-hybridized carbons (Fsp3) is 0.538. The van der Waals surface area contributed by atoms with Crippen molar-refractivity contribution in [1.82, 2.24) is 9.88 Å². The van der Waals surface area contributed by atoms with Crippen LogP contribution in [0.2, 0.25) is 0 Å². The zero-order chi connectivity index (χ0) is 12.8. The average molecular weight is 265 g/mol. The lowest BCUT2D eigenvalue weighted by Crippen LogP contribution is -2.33. The van der Waals surface area contributed by atoms with Gasteiger partial charge in [0.25, 0.3) is 0 Å². The highest BCUT2D eigenvalue weighted by Crippen LogP contribution is 2.16. The van der Waals surface area contributed by atoms with Gasteiger partial charge in [0, 0.05) is 12.7 Å². The second-order valence-electron chi connectivity index (χ2n) is 4.49. The molecule has 2 rings (SSSR count). The van der Waals surface area contributed by atoms with Gasteiger partial charge in [-0.05, 0) is 32.0 Å². The molecule has 1 aromatic heterocycles. The molecule has 2 heterocycles. The Bertz CT molecular complexity index is 405. The first-order valence-electron chi connectivity index (χ1n) is 6.36. The third kappa shape index (κ3) is 3.65. The van der Waals surface area contributed by atoms with Crippen LogP contribution in [0, 0.1) is 0 Å². The molecule has 0 spiro atoms. The third-order valence-electron chi connectivity index (χ3n) is 3.16. The zero-order valence-corrected chi connectivity index (χ0v) is 11.3. The van der Waals surface area contributed by atoms with Crippen molar-refractivity contribution >= 4 is 17.2 Å². The largest absolute Gasteiger partial charge is 0.490 e. The third-order valence-corrected chi connectivity index (χ3v) is 3.38. The van der Waals surface area contributed by atoms with Crippen LogP contribution in [-0.4, -0.2) is 41.1 Å². The van der Waals surface area contributed by atoms with Gasteiger partial charge in [-0.1, -0.05) is 18.6 Å². The lowest BCUT2D eigenvalue weighted by molar-refractivity contribution is 0.183. The molecular weight excluding hydrogens is 246 g/mol. The molecule has 0 unspecified atom stereocenters. The summed E-state index contributed by atoms with van der Waals surface area (Å²) < 4.78 is 5.73. The summed E-state index contributed by atoms with van der Waals surface area (Å²) in [6.07, 6.45) is 7.29. The van der Waals surface area contributed by atoms with Gasteiger partial charge in [0.2, 0.25) is 0 Å². The van der Waals surface area contributed by atoms with Gasteiger partial charge in [0.15, 0.2) is 0 Å². The summed E-state index contributed by atoms with van der Waals surface area (Å²) in [5.41, 5.74) is 6.40. The van der Waals surface area contributed by atoms with Crippen LogP contribution in [0.1, 0.15) is 24.8 Å². The minimum Gasteiger partial charge on any atom is -0.490 e. The van der Waals surface area contributed by atoms with Crippen molar-refractivity contribution in [3.63, 3.8) is 0 Å². The Hall–Kier alpha value is -1.20. The molecule has 0 amide bonds. The van der Waals surface area contributed by atoms with Crippen molar-refractivity contribution < 1.29 is 4.74 Å². The summed E-state index contributed by atoms with van der Waals surface area (Å²) in [5, 5.41) is 0. The SMILES string of the molecule is NC(=S)c1ccncc1OCCN1CCCCC1. The van der Waals surface area contributed by atoms with Gasteiger partial charge in [-0.2, -0.15) is 0 Å².